The fourth-order valence-corrected chi connectivity index (χ4v) is 1.81. The molecule has 1 aliphatic rings. The Kier molecular flexibility index (Phi) is 2.81. The van der Waals surface area contributed by atoms with Crippen LogP contribution in [0.3, 0.4) is 0 Å². The molecule has 2 nitrogen and oxygen atoms in total. The average Bonchev–Trinajstić information content (AvgIpc) is 2.27. The molecule has 1 heterocycles. The number of alkyl halides is 4. The summed E-state index contributed by atoms with van der Waals surface area (Å²) in [5.74, 6) is -0.653. The second kappa shape index (κ2) is 4.01. The summed E-state index contributed by atoms with van der Waals surface area (Å²) < 4.78 is 49.7. The minimum absolute atomic E-state index is 0.0236. The molecule has 0 aliphatic carbocycles. The molecule has 0 spiro atoms. The standard InChI is InChI=1S/C11H9F4NO/c12-5-8-3-6-1-2-7(11(13,14)15)4-9(6)10(17)16-8/h1-2,4,8H,3,5H2,(H,16,17). The zero-order valence-electron chi connectivity index (χ0n) is 8.64. The van der Waals surface area contributed by atoms with E-state index in [1.54, 1.807) is 0 Å². The molecule has 1 amide bonds. The highest BCUT2D eigenvalue weighted by Gasteiger charge is 2.33. The van der Waals surface area contributed by atoms with Crippen LogP contribution in [0, 0.1) is 0 Å². The van der Waals surface area contributed by atoms with Crippen molar-refractivity contribution < 1.29 is 22.4 Å². The molecule has 17 heavy (non-hydrogen) atoms. The van der Waals surface area contributed by atoms with Gasteiger partial charge in [0, 0.05) is 5.56 Å². The van der Waals surface area contributed by atoms with Crippen molar-refractivity contribution in [3.05, 3.63) is 34.9 Å². The molecule has 6 heteroatoms. The number of nitrogens with one attached hydrogen (secondary N) is 1. The monoisotopic (exact) mass is 247 g/mol. The van der Waals surface area contributed by atoms with Crippen LogP contribution in [-0.4, -0.2) is 18.6 Å². The molecule has 0 aromatic heterocycles. The summed E-state index contributed by atoms with van der Waals surface area (Å²) in [4.78, 5) is 11.5. The maximum Gasteiger partial charge on any atom is 0.416 e. The van der Waals surface area contributed by atoms with Crippen molar-refractivity contribution in [1.82, 2.24) is 5.32 Å². The summed E-state index contributed by atoms with van der Waals surface area (Å²) >= 11 is 0. The van der Waals surface area contributed by atoms with Gasteiger partial charge in [-0.3, -0.25) is 4.79 Å². The number of benzene rings is 1. The van der Waals surface area contributed by atoms with Gasteiger partial charge in [0.2, 0.25) is 0 Å². The number of fused-ring (bicyclic) bond motifs is 1. The van der Waals surface area contributed by atoms with Gasteiger partial charge >= 0.3 is 6.18 Å². The fraction of sp³-hybridized carbons (Fsp3) is 0.364. The van der Waals surface area contributed by atoms with E-state index in [9.17, 15) is 22.4 Å². The first kappa shape index (κ1) is 11.9. The summed E-state index contributed by atoms with van der Waals surface area (Å²) in [5.41, 5.74) is -0.445. The number of halogens is 4. The van der Waals surface area contributed by atoms with Crippen LogP contribution >= 0.6 is 0 Å². The van der Waals surface area contributed by atoms with Crippen molar-refractivity contribution in [1.29, 1.82) is 0 Å². The smallest absolute Gasteiger partial charge is 0.346 e. The highest BCUT2D eigenvalue weighted by Crippen LogP contribution is 2.31. The topological polar surface area (TPSA) is 29.1 Å². The van der Waals surface area contributed by atoms with Crippen molar-refractivity contribution in [2.45, 2.75) is 18.6 Å². The number of hydrogen-bond donors (Lipinski definition) is 1. The van der Waals surface area contributed by atoms with Crippen molar-refractivity contribution in [2.75, 3.05) is 6.67 Å². The van der Waals surface area contributed by atoms with Crippen LogP contribution in [0.15, 0.2) is 18.2 Å². The predicted octanol–water partition coefficient (Wildman–Crippen LogP) is 2.33. The Morgan fingerprint density at radius 1 is 1.35 bits per heavy atom. The zero-order chi connectivity index (χ0) is 12.6. The van der Waals surface area contributed by atoms with Crippen LogP contribution < -0.4 is 5.32 Å². The number of carbonyl (C=O) groups excluding carboxylic acids is 1. The second-order valence-corrected chi connectivity index (χ2v) is 3.90. The van der Waals surface area contributed by atoms with Gasteiger partial charge in [-0.05, 0) is 24.1 Å². The highest BCUT2D eigenvalue weighted by molar-refractivity contribution is 5.97. The summed E-state index contributed by atoms with van der Waals surface area (Å²) in [6.45, 7) is -0.730. The van der Waals surface area contributed by atoms with Crippen LogP contribution in [-0.2, 0) is 12.6 Å². The van der Waals surface area contributed by atoms with Gasteiger partial charge in [-0.1, -0.05) is 6.07 Å². The fourth-order valence-electron chi connectivity index (χ4n) is 1.81. The normalized spacial score (nSPS) is 19.8. The third kappa shape index (κ3) is 2.25. The van der Waals surface area contributed by atoms with Gasteiger partial charge in [-0.2, -0.15) is 13.2 Å². The summed E-state index contributed by atoms with van der Waals surface area (Å²) in [6.07, 6.45) is -4.26. The molecule has 2 rings (SSSR count). The Labute approximate surface area is 94.6 Å². The second-order valence-electron chi connectivity index (χ2n) is 3.90. The van der Waals surface area contributed by atoms with Gasteiger partial charge in [0.15, 0.2) is 0 Å². The summed E-state index contributed by atoms with van der Waals surface area (Å²) in [5, 5.41) is 2.32. The van der Waals surface area contributed by atoms with Gasteiger partial charge in [0.1, 0.15) is 6.67 Å². The van der Waals surface area contributed by atoms with E-state index in [0.717, 1.165) is 12.1 Å². The SMILES string of the molecule is O=C1NC(CF)Cc2ccc(C(F)(F)F)cc21. The molecule has 0 saturated carbocycles. The lowest BCUT2D eigenvalue weighted by molar-refractivity contribution is -0.137. The lowest BCUT2D eigenvalue weighted by Gasteiger charge is -2.24. The van der Waals surface area contributed by atoms with E-state index in [-0.39, 0.29) is 12.0 Å². The number of carbonyl (C=O) groups is 1. The Hall–Kier alpha value is -1.59. The van der Waals surface area contributed by atoms with E-state index in [2.05, 4.69) is 5.32 Å². The molecule has 0 radical (unpaired) electrons. The molecule has 1 aromatic carbocycles. The Morgan fingerprint density at radius 3 is 2.65 bits per heavy atom. The van der Waals surface area contributed by atoms with Gasteiger partial charge in [0.25, 0.3) is 5.91 Å². The lowest BCUT2D eigenvalue weighted by atomic mass is 9.94. The molecular weight excluding hydrogens is 238 g/mol. The molecule has 0 saturated heterocycles. The number of rotatable bonds is 1. The maximum absolute atomic E-state index is 12.4. The molecule has 1 N–H and O–H groups in total. The van der Waals surface area contributed by atoms with Crippen LogP contribution in [0.4, 0.5) is 17.6 Å². The van der Waals surface area contributed by atoms with Crippen molar-refractivity contribution in [3.63, 3.8) is 0 Å². The van der Waals surface area contributed by atoms with E-state index in [0.29, 0.717) is 5.56 Å². The molecule has 1 atom stereocenters. The lowest BCUT2D eigenvalue weighted by Crippen LogP contribution is -2.42. The molecule has 1 aliphatic heterocycles. The minimum Gasteiger partial charge on any atom is -0.346 e. The molecule has 92 valence electrons. The largest absolute Gasteiger partial charge is 0.416 e. The first-order valence-electron chi connectivity index (χ1n) is 4.99. The first-order chi connectivity index (χ1) is 7.91. The van der Waals surface area contributed by atoms with Crippen molar-refractivity contribution in [2.24, 2.45) is 0 Å². The Morgan fingerprint density at radius 2 is 2.06 bits per heavy atom. The van der Waals surface area contributed by atoms with E-state index < -0.39 is 30.4 Å². The average molecular weight is 247 g/mol. The summed E-state index contributed by atoms with van der Waals surface area (Å²) in [7, 11) is 0. The zero-order valence-corrected chi connectivity index (χ0v) is 8.64. The van der Waals surface area contributed by atoms with Gasteiger partial charge in [-0.15, -0.1) is 0 Å². The van der Waals surface area contributed by atoms with E-state index in [1.165, 1.54) is 6.07 Å². The van der Waals surface area contributed by atoms with Crippen LogP contribution in [0.1, 0.15) is 21.5 Å². The third-order valence-corrected chi connectivity index (χ3v) is 2.67. The Balaban J connectivity index is 2.41. The van der Waals surface area contributed by atoms with E-state index in [4.69, 9.17) is 0 Å². The van der Waals surface area contributed by atoms with Crippen molar-refractivity contribution in [3.8, 4) is 0 Å². The quantitative estimate of drug-likeness (QED) is 0.758. The van der Waals surface area contributed by atoms with Crippen LogP contribution in [0.25, 0.3) is 0 Å². The van der Waals surface area contributed by atoms with Crippen LogP contribution in [0.2, 0.25) is 0 Å². The van der Waals surface area contributed by atoms with Crippen molar-refractivity contribution >= 4 is 5.91 Å². The van der Waals surface area contributed by atoms with Gasteiger partial charge in [-0.25, -0.2) is 4.39 Å². The highest BCUT2D eigenvalue weighted by atomic mass is 19.4. The molecule has 0 fully saturated rings. The minimum atomic E-state index is -4.48. The third-order valence-electron chi connectivity index (χ3n) is 2.67. The van der Waals surface area contributed by atoms with E-state index in [1.807, 2.05) is 0 Å². The van der Waals surface area contributed by atoms with Crippen LogP contribution in [0.5, 0.6) is 0 Å². The molecular formula is C11H9F4NO. The summed E-state index contributed by atoms with van der Waals surface area (Å²) in [6, 6.07) is 2.30. The maximum atomic E-state index is 12.4. The number of hydrogen-bond acceptors (Lipinski definition) is 1. The molecule has 0 bridgehead atoms. The van der Waals surface area contributed by atoms with Gasteiger partial charge < -0.3 is 5.32 Å². The first-order valence-corrected chi connectivity index (χ1v) is 4.99. The molecule has 1 aromatic rings. The number of amides is 1. The van der Waals surface area contributed by atoms with E-state index >= 15 is 0 Å². The predicted molar refractivity (Wildman–Crippen MR) is 52.4 cm³/mol. The van der Waals surface area contributed by atoms with Gasteiger partial charge in [0.05, 0.1) is 11.6 Å². The Bertz CT molecular complexity index is 455. The molecule has 1 unspecified atom stereocenters.